The van der Waals surface area contributed by atoms with Crippen LogP contribution in [0, 0.1) is 0 Å². The lowest BCUT2D eigenvalue weighted by atomic mass is 10.1. The fourth-order valence-corrected chi connectivity index (χ4v) is 0.934. The predicted molar refractivity (Wildman–Crippen MR) is 51.4 cm³/mol. The molecule has 0 unspecified atom stereocenters. The Balaban J connectivity index is 5.19. The van der Waals surface area contributed by atoms with E-state index in [1.54, 1.807) is 20.8 Å². The summed E-state index contributed by atoms with van der Waals surface area (Å²) in [7, 11) is 0. The maximum Gasteiger partial charge on any atom is 0.433 e. The molecule has 0 saturated carbocycles. The number of hydrogen-bond donors (Lipinski definition) is 1. The maximum absolute atomic E-state index is 13.0. The average molecular weight is 247 g/mol. The van der Waals surface area contributed by atoms with Gasteiger partial charge in [0.05, 0.1) is 5.54 Å². The number of allylic oxidation sites excluding steroid dienone is 2. The van der Waals surface area contributed by atoms with Gasteiger partial charge in [0.15, 0.2) is 16.7 Å². The third-order valence-electron chi connectivity index (χ3n) is 1.16. The van der Waals surface area contributed by atoms with E-state index in [2.05, 4.69) is 10.7 Å². The number of alkyl halides is 3. The normalized spacial score (nSPS) is 16.4. The van der Waals surface area contributed by atoms with Crippen molar-refractivity contribution in [2.24, 2.45) is 10.7 Å². The molecule has 0 radical (unpaired) electrons. The second-order valence-corrected chi connectivity index (χ2v) is 4.16. The largest absolute Gasteiger partial charge is 0.433 e. The van der Waals surface area contributed by atoms with Gasteiger partial charge in [-0.25, -0.2) is 4.39 Å². The molecule has 0 bridgehead atoms. The first-order chi connectivity index (χ1) is 6.45. The van der Waals surface area contributed by atoms with Gasteiger partial charge in [-0.05, 0) is 20.8 Å². The highest BCUT2D eigenvalue weighted by Gasteiger charge is 2.36. The molecule has 88 valence electrons. The van der Waals surface area contributed by atoms with E-state index >= 15 is 0 Å². The van der Waals surface area contributed by atoms with E-state index in [1.807, 2.05) is 0 Å². The smallest absolute Gasteiger partial charge is 0.392 e. The molecule has 0 aliphatic carbocycles. The number of aliphatic imine (C=N–C) groups is 1. The van der Waals surface area contributed by atoms with Crippen LogP contribution >= 0.6 is 11.6 Å². The highest BCUT2D eigenvalue weighted by atomic mass is 35.5. The van der Waals surface area contributed by atoms with Crippen molar-refractivity contribution in [1.29, 1.82) is 0 Å². The molecule has 2 nitrogen and oxygen atoms in total. The van der Waals surface area contributed by atoms with Crippen molar-refractivity contribution >= 4 is 16.8 Å². The van der Waals surface area contributed by atoms with Crippen LogP contribution in [-0.2, 0) is 0 Å². The summed E-state index contributed by atoms with van der Waals surface area (Å²) in [5, 5.41) is -0.877. The second kappa shape index (κ2) is 4.38. The molecule has 0 fully saturated rings. The molecular formula is C8H11ClF4N2. The summed E-state index contributed by atoms with van der Waals surface area (Å²) in [5.74, 6) is -1.75. The summed E-state index contributed by atoms with van der Waals surface area (Å²) >= 11 is 5.25. The lowest BCUT2D eigenvalue weighted by molar-refractivity contribution is -0.0941. The first-order valence-corrected chi connectivity index (χ1v) is 4.31. The van der Waals surface area contributed by atoms with Crippen molar-refractivity contribution in [1.82, 2.24) is 0 Å². The zero-order valence-corrected chi connectivity index (χ0v) is 9.17. The fraction of sp³-hybridized carbons (Fsp3) is 0.625. The van der Waals surface area contributed by atoms with Crippen LogP contribution in [0.2, 0.25) is 0 Å². The summed E-state index contributed by atoms with van der Waals surface area (Å²) in [6.07, 6.45) is -4.95. The molecule has 0 aromatic heterocycles. The van der Waals surface area contributed by atoms with Crippen LogP contribution in [0.3, 0.4) is 0 Å². The Hall–Kier alpha value is -0.780. The van der Waals surface area contributed by atoms with Gasteiger partial charge in [0.1, 0.15) is 0 Å². The summed E-state index contributed by atoms with van der Waals surface area (Å²) in [4.78, 5) is 3.51. The summed E-state index contributed by atoms with van der Waals surface area (Å²) < 4.78 is 48.9. The van der Waals surface area contributed by atoms with Crippen LogP contribution in [0.5, 0.6) is 0 Å². The molecule has 0 heterocycles. The Kier molecular flexibility index (Phi) is 4.16. The number of hydrogen-bond acceptors (Lipinski definition) is 2. The molecule has 0 atom stereocenters. The molecule has 0 saturated heterocycles. The van der Waals surface area contributed by atoms with Crippen LogP contribution in [0.15, 0.2) is 16.5 Å². The number of nitrogens with zero attached hydrogens (tertiary/aromatic N) is 1. The minimum absolute atomic E-state index is 0.777. The number of halogens is 5. The van der Waals surface area contributed by atoms with Crippen LogP contribution in [-0.4, -0.2) is 16.9 Å². The van der Waals surface area contributed by atoms with E-state index < -0.39 is 28.4 Å². The van der Waals surface area contributed by atoms with E-state index in [-0.39, 0.29) is 0 Å². The Morgan fingerprint density at radius 3 is 1.87 bits per heavy atom. The Morgan fingerprint density at radius 1 is 1.20 bits per heavy atom. The quantitative estimate of drug-likeness (QED) is 0.560. The minimum Gasteiger partial charge on any atom is -0.392 e. The Morgan fingerprint density at radius 2 is 1.60 bits per heavy atom. The highest BCUT2D eigenvalue weighted by Crippen LogP contribution is 2.26. The van der Waals surface area contributed by atoms with Gasteiger partial charge >= 0.3 is 6.18 Å². The highest BCUT2D eigenvalue weighted by molar-refractivity contribution is 6.69. The molecule has 0 rings (SSSR count). The van der Waals surface area contributed by atoms with Crippen molar-refractivity contribution in [3.63, 3.8) is 0 Å². The molecule has 0 aliphatic rings. The standard InChI is InChI=1S/C8H11ClF4N2/c1-7(2,3)15-6(9)4(10)5(14)8(11,12)13/h14H2,1-3H3. The van der Waals surface area contributed by atoms with E-state index in [4.69, 9.17) is 11.6 Å². The first kappa shape index (κ1) is 14.2. The predicted octanol–water partition coefficient (Wildman–Crippen LogP) is 3.12. The van der Waals surface area contributed by atoms with Gasteiger partial charge in [-0.1, -0.05) is 11.6 Å². The van der Waals surface area contributed by atoms with Crippen molar-refractivity contribution in [3.05, 3.63) is 11.5 Å². The molecular weight excluding hydrogens is 236 g/mol. The van der Waals surface area contributed by atoms with Crippen LogP contribution < -0.4 is 5.73 Å². The minimum atomic E-state index is -4.95. The zero-order valence-electron chi connectivity index (χ0n) is 8.41. The van der Waals surface area contributed by atoms with E-state index in [0.717, 1.165) is 0 Å². The number of rotatable bonds is 1. The van der Waals surface area contributed by atoms with Gasteiger partial charge in [-0.3, -0.25) is 4.99 Å². The molecule has 0 aromatic rings. The molecule has 7 heteroatoms. The summed E-state index contributed by atoms with van der Waals surface area (Å²) in [6.45, 7) is 4.69. The van der Waals surface area contributed by atoms with E-state index in [9.17, 15) is 17.6 Å². The SMILES string of the molecule is CC(C)(C)N=C(Cl)C(F)=C(N)C(F)(F)F. The molecule has 2 N–H and O–H groups in total. The molecule has 0 spiro atoms. The van der Waals surface area contributed by atoms with Gasteiger partial charge in [-0.15, -0.1) is 0 Å². The molecule has 15 heavy (non-hydrogen) atoms. The van der Waals surface area contributed by atoms with Crippen molar-refractivity contribution in [2.75, 3.05) is 0 Å². The van der Waals surface area contributed by atoms with Gasteiger partial charge in [-0.2, -0.15) is 13.2 Å². The zero-order chi connectivity index (χ0) is 12.4. The lowest BCUT2D eigenvalue weighted by Crippen LogP contribution is -2.23. The monoisotopic (exact) mass is 246 g/mol. The summed E-state index contributed by atoms with van der Waals surface area (Å²) in [6, 6.07) is 0. The van der Waals surface area contributed by atoms with Gasteiger partial charge in [0.25, 0.3) is 0 Å². The first-order valence-electron chi connectivity index (χ1n) is 3.93. The Bertz CT molecular complexity index is 299. The molecule has 0 aromatic carbocycles. The summed E-state index contributed by atoms with van der Waals surface area (Å²) in [5.41, 5.74) is 1.88. The van der Waals surface area contributed by atoms with Gasteiger partial charge in [0.2, 0.25) is 0 Å². The van der Waals surface area contributed by atoms with E-state index in [1.165, 1.54) is 0 Å². The Labute approximate surface area is 89.8 Å². The lowest BCUT2D eigenvalue weighted by Gasteiger charge is -2.13. The fourth-order valence-electron chi connectivity index (χ4n) is 0.579. The van der Waals surface area contributed by atoms with Crippen LogP contribution in [0.25, 0.3) is 0 Å². The molecule has 0 aliphatic heterocycles. The average Bonchev–Trinajstić information content (AvgIpc) is 1.96. The van der Waals surface area contributed by atoms with Gasteiger partial charge < -0.3 is 5.73 Å². The van der Waals surface area contributed by atoms with Crippen LogP contribution in [0.1, 0.15) is 20.8 Å². The third kappa shape index (κ3) is 5.01. The molecule has 0 amide bonds. The maximum atomic E-state index is 13.0. The van der Waals surface area contributed by atoms with Crippen molar-refractivity contribution in [2.45, 2.75) is 32.5 Å². The topological polar surface area (TPSA) is 38.4 Å². The number of nitrogens with two attached hydrogens (primary N) is 1. The van der Waals surface area contributed by atoms with Gasteiger partial charge in [0, 0.05) is 0 Å². The van der Waals surface area contributed by atoms with Crippen LogP contribution in [0.4, 0.5) is 17.6 Å². The third-order valence-corrected chi connectivity index (χ3v) is 1.41. The second-order valence-electron chi connectivity index (χ2n) is 3.80. The van der Waals surface area contributed by atoms with E-state index in [0.29, 0.717) is 0 Å². The van der Waals surface area contributed by atoms with Crippen molar-refractivity contribution < 1.29 is 17.6 Å². The van der Waals surface area contributed by atoms with Crippen molar-refractivity contribution in [3.8, 4) is 0 Å².